The number of nitrogens with one attached hydrogen (secondary N) is 1. The van der Waals surface area contributed by atoms with Crippen LogP contribution in [0.1, 0.15) is 5.56 Å². The van der Waals surface area contributed by atoms with Gasteiger partial charge in [0.2, 0.25) is 4.77 Å². The number of nitrogens with zero attached hydrogens (tertiary/aromatic N) is 4. The Kier molecular flexibility index (Phi) is 3.75. The Balaban J connectivity index is 2.48. The molecule has 0 radical (unpaired) electrons. The molecule has 0 bridgehead atoms. The van der Waals surface area contributed by atoms with Crippen molar-refractivity contribution < 1.29 is 14.8 Å². The van der Waals surface area contributed by atoms with Gasteiger partial charge in [0.1, 0.15) is 6.33 Å². The Hall–Kier alpha value is -2.75. The third kappa shape index (κ3) is 2.64. The highest BCUT2D eigenvalue weighted by molar-refractivity contribution is 7.71. The minimum atomic E-state index is -0.599. The molecule has 0 aliphatic rings. The summed E-state index contributed by atoms with van der Waals surface area (Å²) >= 11 is 4.88. The third-order valence-corrected chi connectivity index (χ3v) is 2.66. The highest BCUT2D eigenvalue weighted by Gasteiger charge is 2.17. The van der Waals surface area contributed by atoms with Gasteiger partial charge in [0.05, 0.1) is 29.9 Å². The molecule has 0 spiro atoms. The smallest absolute Gasteiger partial charge is 0.282 e. The molecule has 20 heavy (non-hydrogen) atoms. The molecule has 0 saturated carbocycles. The number of phenolic OH excluding ortho intramolecular Hbond substituents is 1. The second-order valence-electron chi connectivity index (χ2n) is 3.59. The lowest BCUT2D eigenvalue weighted by molar-refractivity contribution is -0.385. The zero-order valence-corrected chi connectivity index (χ0v) is 11.0. The lowest BCUT2D eigenvalue weighted by atomic mass is 10.1. The molecule has 0 fully saturated rings. The van der Waals surface area contributed by atoms with Crippen molar-refractivity contribution in [1.29, 1.82) is 0 Å². The zero-order chi connectivity index (χ0) is 14.7. The van der Waals surface area contributed by atoms with Crippen LogP contribution in [-0.4, -0.2) is 38.2 Å². The first-order chi connectivity index (χ1) is 9.52. The molecule has 2 N–H and O–H groups in total. The van der Waals surface area contributed by atoms with Crippen molar-refractivity contribution >= 4 is 24.1 Å². The summed E-state index contributed by atoms with van der Waals surface area (Å²) in [6.07, 6.45) is 2.51. The second kappa shape index (κ2) is 5.48. The van der Waals surface area contributed by atoms with E-state index in [0.717, 1.165) is 6.07 Å². The van der Waals surface area contributed by atoms with Gasteiger partial charge in [0.25, 0.3) is 5.69 Å². The van der Waals surface area contributed by atoms with E-state index in [1.807, 2.05) is 0 Å². The second-order valence-corrected chi connectivity index (χ2v) is 3.98. The SMILES string of the molecule is COc1cc([N+](=O)[O-])c(/C=N/n2cn[nH]c2=S)cc1O. The summed E-state index contributed by atoms with van der Waals surface area (Å²) in [5.74, 6) is -0.218. The number of ether oxygens (including phenoxy) is 1. The van der Waals surface area contributed by atoms with Crippen LogP contribution in [0, 0.1) is 14.9 Å². The molecule has 10 heteroatoms. The van der Waals surface area contributed by atoms with Crippen LogP contribution in [0.5, 0.6) is 11.5 Å². The number of nitro benzene ring substituents is 1. The summed E-state index contributed by atoms with van der Waals surface area (Å²) in [4.78, 5) is 10.4. The fourth-order valence-electron chi connectivity index (χ4n) is 1.45. The maximum absolute atomic E-state index is 11.0. The van der Waals surface area contributed by atoms with Gasteiger partial charge in [0.15, 0.2) is 11.5 Å². The van der Waals surface area contributed by atoms with Crippen molar-refractivity contribution in [3.8, 4) is 11.5 Å². The van der Waals surface area contributed by atoms with E-state index in [4.69, 9.17) is 17.0 Å². The van der Waals surface area contributed by atoms with E-state index in [1.54, 1.807) is 0 Å². The van der Waals surface area contributed by atoms with Gasteiger partial charge in [-0.15, -0.1) is 0 Å². The van der Waals surface area contributed by atoms with Crippen molar-refractivity contribution in [3.63, 3.8) is 0 Å². The predicted octanol–water partition coefficient (Wildman–Crippen LogP) is 1.45. The molecule has 0 amide bonds. The highest BCUT2D eigenvalue weighted by Crippen LogP contribution is 2.32. The van der Waals surface area contributed by atoms with Crippen molar-refractivity contribution in [2.45, 2.75) is 0 Å². The Morgan fingerprint density at radius 1 is 1.65 bits per heavy atom. The minimum absolute atomic E-state index is 0.00812. The molecule has 2 aromatic rings. The van der Waals surface area contributed by atoms with Crippen LogP contribution in [0.15, 0.2) is 23.6 Å². The normalized spacial score (nSPS) is 10.8. The van der Waals surface area contributed by atoms with E-state index >= 15 is 0 Å². The molecule has 0 unspecified atom stereocenters. The molecule has 1 aromatic carbocycles. The minimum Gasteiger partial charge on any atom is -0.504 e. The molecule has 104 valence electrons. The van der Waals surface area contributed by atoms with Gasteiger partial charge in [-0.3, -0.25) is 15.2 Å². The number of hydrogen-bond acceptors (Lipinski definition) is 7. The zero-order valence-electron chi connectivity index (χ0n) is 10.2. The Morgan fingerprint density at radius 3 is 2.95 bits per heavy atom. The summed E-state index contributed by atoms with van der Waals surface area (Å²) < 4.78 is 6.28. The third-order valence-electron chi connectivity index (χ3n) is 2.38. The number of aromatic nitrogens is 3. The largest absolute Gasteiger partial charge is 0.504 e. The predicted molar refractivity (Wildman–Crippen MR) is 71.7 cm³/mol. The van der Waals surface area contributed by atoms with Crippen LogP contribution in [0.2, 0.25) is 0 Å². The van der Waals surface area contributed by atoms with Crippen molar-refractivity contribution in [1.82, 2.24) is 14.9 Å². The van der Waals surface area contributed by atoms with E-state index in [1.165, 1.54) is 30.4 Å². The Labute approximate surface area is 117 Å². The summed E-state index contributed by atoms with van der Waals surface area (Å²) in [5, 5.41) is 30.7. The number of nitro groups is 1. The first-order valence-electron chi connectivity index (χ1n) is 5.24. The molecule has 0 aliphatic heterocycles. The fourth-order valence-corrected chi connectivity index (χ4v) is 1.59. The molecule has 0 saturated heterocycles. The standard InChI is InChI=1S/C10H9N5O4S/c1-19-9-3-7(15(17)18)6(2-8(9)16)4-12-14-5-11-13-10(14)20/h2-5,16H,1H3,(H,13,20)/b12-4+. The summed E-state index contributed by atoms with van der Waals surface area (Å²) in [7, 11) is 1.30. The maximum atomic E-state index is 11.0. The van der Waals surface area contributed by atoms with Crippen LogP contribution in [0.25, 0.3) is 0 Å². The Bertz CT molecular complexity index is 735. The number of aromatic amines is 1. The number of H-pyrrole nitrogens is 1. The van der Waals surface area contributed by atoms with Crippen LogP contribution in [-0.2, 0) is 0 Å². The number of rotatable bonds is 4. The monoisotopic (exact) mass is 295 g/mol. The lowest BCUT2D eigenvalue weighted by Crippen LogP contribution is -1.98. The molecular weight excluding hydrogens is 286 g/mol. The van der Waals surface area contributed by atoms with Crippen molar-refractivity contribution in [2.24, 2.45) is 5.10 Å². The maximum Gasteiger partial charge on any atom is 0.282 e. The highest BCUT2D eigenvalue weighted by atomic mass is 32.1. The lowest BCUT2D eigenvalue weighted by Gasteiger charge is -2.04. The average molecular weight is 295 g/mol. The van der Waals surface area contributed by atoms with Crippen LogP contribution in [0.3, 0.4) is 0 Å². The fraction of sp³-hybridized carbons (Fsp3) is 0.100. The molecule has 0 aliphatic carbocycles. The number of benzene rings is 1. The first kappa shape index (κ1) is 13.7. The van der Waals surface area contributed by atoms with Gasteiger partial charge in [0, 0.05) is 0 Å². The van der Waals surface area contributed by atoms with Gasteiger partial charge in [-0.05, 0) is 18.3 Å². The van der Waals surface area contributed by atoms with Crippen LogP contribution >= 0.6 is 12.2 Å². The first-order valence-corrected chi connectivity index (χ1v) is 5.65. The molecule has 2 rings (SSSR count). The molecule has 0 atom stereocenters. The number of phenols is 1. The topological polar surface area (TPSA) is 119 Å². The van der Waals surface area contributed by atoms with Gasteiger partial charge < -0.3 is 9.84 Å². The van der Waals surface area contributed by atoms with Crippen molar-refractivity contribution in [2.75, 3.05) is 7.11 Å². The summed E-state index contributed by atoms with van der Waals surface area (Å²) in [6.45, 7) is 0. The van der Waals surface area contributed by atoms with E-state index in [9.17, 15) is 15.2 Å². The Morgan fingerprint density at radius 2 is 2.40 bits per heavy atom. The van der Waals surface area contributed by atoms with E-state index in [0.29, 0.717) is 0 Å². The molecular formula is C10H9N5O4S. The van der Waals surface area contributed by atoms with E-state index in [-0.39, 0.29) is 27.5 Å². The number of hydrogen-bond donors (Lipinski definition) is 2. The van der Waals surface area contributed by atoms with Gasteiger partial charge in [-0.1, -0.05) is 0 Å². The molecule has 1 aromatic heterocycles. The van der Waals surface area contributed by atoms with E-state index in [2.05, 4.69) is 15.3 Å². The quantitative estimate of drug-likeness (QED) is 0.381. The van der Waals surface area contributed by atoms with Gasteiger partial charge in [-0.25, -0.2) is 0 Å². The number of methoxy groups -OCH3 is 1. The number of aromatic hydroxyl groups is 1. The van der Waals surface area contributed by atoms with E-state index < -0.39 is 4.92 Å². The van der Waals surface area contributed by atoms with Gasteiger partial charge in [-0.2, -0.15) is 14.9 Å². The molecule has 9 nitrogen and oxygen atoms in total. The summed E-state index contributed by atoms with van der Waals surface area (Å²) in [5.41, 5.74) is -0.144. The summed E-state index contributed by atoms with van der Waals surface area (Å²) in [6, 6.07) is 2.30. The van der Waals surface area contributed by atoms with Crippen LogP contribution in [0.4, 0.5) is 5.69 Å². The van der Waals surface area contributed by atoms with Crippen LogP contribution < -0.4 is 4.74 Å². The average Bonchev–Trinajstić information content (AvgIpc) is 2.81. The molecule has 1 heterocycles. The van der Waals surface area contributed by atoms with Crippen molar-refractivity contribution in [3.05, 3.63) is 38.9 Å². The van der Waals surface area contributed by atoms with Gasteiger partial charge >= 0.3 is 0 Å².